The molecular formula is C10H4ClFN2. The van der Waals surface area contributed by atoms with E-state index in [0.29, 0.717) is 15.8 Å². The van der Waals surface area contributed by atoms with E-state index in [0.717, 1.165) is 0 Å². The maximum Gasteiger partial charge on any atom is 0.148 e. The largest absolute Gasteiger partial charge is 0.245 e. The van der Waals surface area contributed by atoms with Crippen molar-refractivity contribution in [3.63, 3.8) is 0 Å². The Morgan fingerprint density at radius 2 is 2.14 bits per heavy atom. The Labute approximate surface area is 84.6 Å². The van der Waals surface area contributed by atoms with Gasteiger partial charge in [-0.25, -0.2) is 9.37 Å². The number of nitriles is 1. The number of hydrogen-bond acceptors (Lipinski definition) is 2. The van der Waals surface area contributed by atoms with E-state index in [1.807, 2.05) is 6.07 Å². The number of benzene rings is 1. The summed E-state index contributed by atoms with van der Waals surface area (Å²) < 4.78 is 13.0. The summed E-state index contributed by atoms with van der Waals surface area (Å²) in [6, 6.07) is 6.01. The minimum atomic E-state index is -0.466. The molecule has 0 saturated carbocycles. The molecule has 1 aromatic carbocycles. The second-order valence-electron chi connectivity index (χ2n) is 2.75. The first kappa shape index (κ1) is 8.92. The maximum absolute atomic E-state index is 13.0. The van der Waals surface area contributed by atoms with Crippen LogP contribution in [0.5, 0.6) is 0 Å². The normalized spacial score (nSPS) is 10.1. The molecular weight excluding hydrogens is 203 g/mol. The number of fused-ring (bicyclic) bond motifs is 1. The van der Waals surface area contributed by atoms with Crippen molar-refractivity contribution in [1.29, 1.82) is 5.26 Å². The number of nitrogens with zero attached hydrogens (tertiary/aromatic N) is 2. The Balaban J connectivity index is 2.95. The monoisotopic (exact) mass is 206 g/mol. The lowest BCUT2D eigenvalue weighted by Gasteiger charge is -2.01. The molecule has 0 unspecified atom stereocenters. The second kappa shape index (κ2) is 3.24. The van der Waals surface area contributed by atoms with E-state index in [-0.39, 0.29) is 5.69 Å². The molecule has 14 heavy (non-hydrogen) atoms. The summed E-state index contributed by atoms with van der Waals surface area (Å²) in [5.41, 5.74) is 0.184. The molecule has 1 heterocycles. The van der Waals surface area contributed by atoms with Gasteiger partial charge < -0.3 is 0 Å². The zero-order valence-corrected chi connectivity index (χ0v) is 7.72. The van der Waals surface area contributed by atoms with Gasteiger partial charge in [0.2, 0.25) is 0 Å². The zero-order valence-electron chi connectivity index (χ0n) is 6.96. The van der Waals surface area contributed by atoms with Gasteiger partial charge in [0.1, 0.15) is 17.6 Å². The van der Waals surface area contributed by atoms with Gasteiger partial charge in [0.05, 0.1) is 5.02 Å². The molecule has 68 valence electrons. The molecule has 0 aliphatic carbocycles. The molecule has 0 radical (unpaired) electrons. The highest BCUT2D eigenvalue weighted by atomic mass is 35.5. The van der Waals surface area contributed by atoms with Crippen molar-refractivity contribution in [2.45, 2.75) is 0 Å². The van der Waals surface area contributed by atoms with Gasteiger partial charge in [0, 0.05) is 17.0 Å². The van der Waals surface area contributed by atoms with Crippen LogP contribution in [-0.4, -0.2) is 4.98 Å². The maximum atomic E-state index is 13.0. The predicted octanol–water partition coefficient (Wildman–Crippen LogP) is 2.90. The molecule has 0 atom stereocenters. The zero-order chi connectivity index (χ0) is 10.1. The summed E-state index contributed by atoms with van der Waals surface area (Å²) in [7, 11) is 0. The SMILES string of the molecule is N#Cc1nccc2c(Cl)cc(F)cc12. The van der Waals surface area contributed by atoms with E-state index in [1.54, 1.807) is 6.07 Å². The molecule has 0 bridgehead atoms. The molecule has 0 aliphatic heterocycles. The molecule has 0 fully saturated rings. The van der Waals surface area contributed by atoms with Crippen molar-refractivity contribution in [3.8, 4) is 6.07 Å². The highest BCUT2D eigenvalue weighted by molar-refractivity contribution is 6.35. The lowest BCUT2D eigenvalue weighted by molar-refractivity contribution is 0.629. The van der Waals surface area contributed by atoms with Crippen LogP contribution >= 0.6 is 11.6 Å². The van der Waals surface area contributed by atoms with Crippen molar-refractivity contribution in [2.24, 2.45) is 0 Å². The van der Waals surface area contributed by atoms with Crippen LogP contribution in [0.1, 0.15) is 5.69 Å². The van der Waals surface area contributed by atoms with Gasteiger partial charge in [-0.15, -0.1) is 0 Å². The van der Waals surface area contributed by atoms with Gasteiger partial charge in [-0.2, -0.15) is 5.26 Å². The van der Waals surface area contributed by atoms with Crippen molar-refractivity contribution < 1.29 is 4.39 Å². The number of pyridine rings is 1. The molecule has 0 spiro atoms. The Hall–Kier alpha value is -1.66. The second-order valence-corrected chi connectivity index (χ2v) is 3.16. The van der Waals surface area contributed by atoms with E-state index < -0.39 is 5.82 Å². The third kappa shape index (κ3) is 1.30. The van der Waals surface area contributed by atoms with E-state index in [9.17, 15) is 4.39 Å². The van der Waals surface area contributed by atoms with E-state index in [4.69, 9.17) is 16.9 Å². The van der Waals surface area contributed by atoms with Gasteiger partial charge in [-0.1, -0.05) is 11.6 Å². The number of hydrogen-bond donors (Lipinski definition) is 0. The number of aromatic nitrogens is 1. The number of halogens is 2. The van der Waals surface area contributed by atoms with Crippen molar-refractivity contribution in [3.05, 3.63) is 40.9 Å². The summed E-state index contributed by atoms with van der Waals surface area (Å²) in [5, 5.41) is 10.1. The summed E-state index contributed by atoms with van der Waals surface area (Å²) in [6.07, 6.45) is 1.48. The highest BCUT2D eigenvalue weighted by Crippen LogP contribution is 2.25. The average Bonchev–Trinajstić information content (AvgIpc) is 2.17. The van der Waals surface area contributed by atoms with Gasteiger partial charge in [0.15, 0.2) is 0 Å². The minimum Gasteiger partial charge on any atom is -0.245 e. The van der Waals surface area contributed by atoms with Gasteiger partial charge in [-0.05, 0) is 18.2 Å². The average molecular weight is 207 g/mol. The van der Waals surface area contributed by atoms with Crippen molar-refractivity contribution in [2.75, 3.05) is 0 Å². The molecule has 2 aromatic rings. The van der Waals surface area contributed by atoms with Crippen LogP contribution in [-0.2, 0) is 0 Å². The van der Waals surface area contributed by atoms with E-state index >= 15 is 0 Å². The topological polar surface area (TPSA) is 36.7 Å². The van der Waals surface area contributed by atoms with E-state index in [1.165, 1.54) is 18.3 Å². The molecule has 1 aromatic heterocycles. The highest BCUT2D eigenvalue weighted by Gasteiger charge is 2.06. The summed E-state index contributed by atoms with van der Waals surface area (Å²) in [5.74, 6) is -0.466. The van der Waals surface area contributed by atoms with Gasteiger partial charge in [0.25, 0.3) is 0 Å². The van der Waals surface area contributed by atoms with Crippen LogP contribution < -0.4 is 0 Å². The minimum absolute atomic E-state index is 0.184. The Morgan fingerprint density at radius 1 is 1.36 bits per heavy atom. The summed E-state index contributed by atoms with van der Waals surface area (Å²) in [6.45, 7) is 0. The van der Waals surface area contributed by atoms with Crippen molar-refractivity contribution in [1.82, 2.24) is 4.98 Å². The molecule has 0 aliphatic rings. The Kier molecular flexibility index (Phi) is 2.06. The van der Waals surface area contributed by atoms with Crippen LogP contribution in [0.2, 0.25) is 5.02 Å². The fourth-order valence-corrected chi connectivity index (χ4v) is 1.56. The van der Waals surface area contributed by atoms with Crippen LogP contribution in [0.3, 0.4) is 0 Å². The Bertz CT molecular complexity index is 546. The van der Waals surface area contributed by atoms with Crippen LogP contribution in [0.4, 0.5) is 4.39 Å². The Morgan fingerprint density at radius 3 is 2.86 bits per heavy atom. The quantitative estimate of drug-likeness (QED) is 0.665. The summed E-state index contributed by atoms with van der Waals surface area (Å²) in [4.78, 5) is 3.82. The smallest absolute Gasteiger partial charge is 0.148 e. The molecule has 0 amide bonds. The van der Waals surface area contributed by atoms with Crippen molar-refractivity contribution >= 4 is 22.4 Å². The predicted molar refractivity (Wildman–Crippen MR) is 51.4 cm³/mol. The number of rotatable bonds is 0. The molecule has 4 heteroatoms. The third-order valence-corrected chi connectivity index (χ3v) is 2.21. The fourth-order valence-electron chi connectivity index (χ4n) is 1.30. The van der Waals surface area contributed by atoms with Crippen LogP contribution in [0.25, 0.3) is 10.8 Å². The lowest BCUT2D eigenvalue weighted by atomic mass is 10.1. The molecule has 2 rings (SSSR count). The summed E-state index contributed by atoms with van der Waals surface area (Å²) >= 11 is 5.81. The standard InChI is InChI=1S/C10H4ClFN2/c11-9-4-6(12)3-8-7(9)1-2-14-10(8)5-13/h1-4H. The molecule has 0 N–H and O–H groups in total. The van der Waals surface area contributed by atoms with Gasteiger partial charge >= 0.3 is 0 Å². The fraction of sp³-hybridized carbons (Fsp3) is 0. The first-order valence-corrected chi connectivity index (χ1v) is 4.24. The molecule has 2 nitrogen and oxygen atoms in total. The van der Waals surface area contributed by atoms with Gasteiger partial charge in [-0.3, -0.25) is 0 Å². The first-order chi connectivity index (χ1) is 6.72. The van der Waals surface area contributed by atoms with Crippen LogP contribution in [0, 0.1) is 17.1 Å². The molecule has 0 saturated heterocycles. The first-order valence-electron chi connectivity index (χ1n) is 3.86. The third-order valence-electron chi connectivity index (χ3n) is 1.90. The van der Waals surface area contributed by atoms with E-state index in [2.05, 4.69) is 4.98 Å². The lowest BCUT2D eigenvalue weighted by Crippen LogP contribution is -1.86. The van der Waals surface area contributed by atoms with Crippen LogP contribution in [0.15, 0.2) is 24.4 Å².